The summed E-state index contributed by atoms with van der Waals surface area (Å²) in [4.78, 5) is 0.218. The standard InChI is InChI=1S/C12H13ClN2O2S.ClH/c13-11-5-1-4-10-9(11)3-2-6-12(10)18(16,17)15-8-7-14;/h1-6,15H,7-8,14H2;1H/p-1. The molecule has 0 aliphatic rings. The first-order valence-electron chi connectivity index (χ1n) is 5.43. The first-order chi connectivity index (χ1) is 8.56. The molecule has 0 fully saturated rings. The molecule has 19 heavy (non-hydrogen) atoms. The largest absolute Gasteiger partial charge is 1.00 e. The molecule has 0 bridgehead atoms. The van der Waals surface area contributed by atoms with Crippen molar-refractivity contribution in [3.8, 4) is 0 Å². The third-order valence-electron chi connectivity index (χ3n) is 2.55. The molecule has 0 heterocycles. The molecule has 2 aromatic carbocycles. The summed E-state index contributed by atoms with van der Waals surface area (Å²) >= 11 is 6.05. The van der Waals surface area contributed by atoms with E-state index in [2.05, 4.69) is 4.72 Å². The van der Waals surface area contributed by atoms with Gasteiger partial charge in [0, 0.05) is 28.9 Å². The number of hydrogen-bond acceptors (Lipinski definition) is 3. The number of hydrogen-bond donors (Lipinski definition) is 2. The van der Waals surface area contributed by atoms with Crippen LogP contribution in [0.2, 0.25) is 5.02 Å². The zero-order valence-electron chi connectivity index (χ0n) is 9.94. The first kappa shape index (κ1) is 16.2. The summed E-state index contributed by atoms with van der Waals surface area (Å²) in [5.74, 6) is 0. The third kappa shape index (κ3) is 3.38. The summed E-state index contributed by atoms with van der Waals surface area (Å²) in [7, 11) is -3.55. The van der Waals surface area contributed by atoms with Crippen molar-refractivity contribution in [2.45, 2.75) is 4.90 Å². The molecule has 0 saturated heterocycles. The molecular weight excluding hydrogens is 307 g/mol. The molecule has 0 amide bonds. The SMILES string of the molecule is NCCNS(=O)(=O)c1cccc2c(Cl)cccc12.[Cl-]. The Morgan fingerprint density at radius 1 is 1.11 bits per heavy atom. The Kier molecular flexibility index (Phi) is 5.58. The minimum absolute atomic E-state index is 0. The third-order valence-corrected chi connectivity index (χ3v) is 4.40. The van der Waals surface area contributed by atoms with Crippen molar-refractivity contribution in [2.75, 3.05) is 13.1 Å². The van der Waals surface area contributed by atoms with Crippen LogP contribution in [0.3, 0.4) is 0 Å². The Morgan fingerprint density at radius 2 is 1.74 bits per heavy atom. The molecule has 3 N–H and O–H groups in total. The van der Waals surface area contributed by atoms with E-state index < -0.39 is 10.0 Å². The predicted molar refractivity (Wildman–Crippen MR) is 73.2 cm³/mol. The van der Waals surface area contributed by atoms with Gasteiger partial charge in [0.2, 0.25) is 10.0 Å². The Hall–Kier alpha value is -0.850. The lowest BCUT2D eigenvalue weighted by Gasteiger charge is -2.09. The molecular formula is C12H13Cl2N2O2S-. The zero-order chi connectivity index (χ0) is 13.2. The van der Waals surface area contributed by atoms with E-state index in [4.69, 9.17) is 17.3 Å². The fourth-order valence-corrected chi connectivity index (χ4v) is 3.25. The van der Waals surface area contributed by atoms with Crippen molar-refractivity contribution in [3.05, 3.63) is 41.4 Å². The summed E-state index contributed by atoms with van der Waals surface area (Å²) in [6, 6.07) is 10.2. The summed E-state index contributed by atoms with van der Waals surface area (Å²) in [5.41, 5.74) is 5.30. The second kappa shape index (κ2) is 6.54. The van der Waals surface area contributed by atoms with Crippen LogP contribution in [-0.4, -0.2) is 21.5 Å². The molecule has 0 aromatic heterocycles. The minimum atomic E-state index is -3.55. The monoisotopic (exact) mass is 319 g/mol. The van der Waals surface area contributed by atoms with Crippen molar-refractivity contribution in [2.24, 2.45) is 5.73 Å². The fraction of sp³-hybridized carbons (Fsp3) is 0.167. The Bertz CT molecular complexity index is 674. The number of rotatable bonds is 4. The van der Waals surface area contributed by atoms with Gasteiger partial charge in [0.05, 0.1) is 4.90 Å². The maximum Gasteiger partial charge on any atom is 0.241 e. The highest BCUT2D eigenvalue weighted by Crippen LogP contribution is 2.28. The summed E-state index contributed by atoms with van der Waals surface area (Å²) in [6.07, 6.45) is 0. The molecule has 0 aliphatic carbocycles. The van der Waals surface area contributed by atoms with Crippen molar-refractivity contribution >= 4 is 32.4 Å². The molecule has 104 valence electrons. The van der Waals surface area contributed by atoms with E-state index in [1.54, 1.807) is 36.4 Å². The van der Waals surface area contributed by atoms with E-state index in [1.807, 2.05) is 0 Å². The number of benzene rings is 2. The molecule has 2 aromatic rings. The van der Waals surface area contributed by atoms with E-state index in [9.17, 15) is 8.42 Å². The second-order valence-electron chi connectivity index (χ2n) is 3.78. The normalized spacial score (nSPS) is 11.3. The van der Waals surface area contributed by atoms with Crippen molar-refractivity contribution in [1.29, 1.82) is 0 Å². The highest BCUT2D eigenvalue weighted by molar-refractivity contribution is 7.89. The van der Waals surface area contributed by atoms with Crippen molar-refractivity contribution in [3.63, 3.8) is 0 Å². The summed E-state index contributed by atoms with van der Waals surface area (Å²) in [6.45, 7) is 0.462. The quantitative estimate of drug-likeness (QED) is 0.738. The first-order valence-corrected chi connectivity index (χ1v) is 7.29. The van der Waals surface area contributed by atoms with Crippen LogP contribution in [-0.2, 0) is 10.0 Å². The lowest BCUT2D eigenvalue weighted by molar-refractivity contribution is -0.00000613. The van der Waals surface area contributed by atoms with Gasteiger partial charge in [0.25, 0.3) is 0 Å². The number of halogens is 2. The molecule has 2 rings (SSSR count). The van der Waals surface area contributed by atoms with Gasteiger partial charge in [-0.3, -0.25) is 0 Å². The summed E-state index contributed by atoms with van der Waals surface area (Å²) < 4.78 is 26.7. The number of fused-ring (bicyclic) bond motifs is 1. The van der Waals surface area contributed by atoms with Gasteiger partial charge in [-0.05, 0) is 12.1 Å². The molecule has 7 heteroatoms. The van der Waals surface area contributed by atoms with Crippen LogP contribution in [0.1, 0.15) is 0 Å². The van der Waals surface area contributed by atoms with Crippen LogP contribution in [0, 0.1) is 0 Å². The van der Waals surface area contributed by atoms with Gasteiger partial charge in [-0.25, -0.2) is 13.1 Å². The second-order valence-corrected chi connectivity index (χ2v) is 5.92. The van der Waals surface area contributed by atoms with Crippen LogP contribution < -0.4 is 22.9 Å². The number of nitrogens with one attached hydrogen (secondary N) is 1. The number of sulfonamides is 1. The fourth-order valence-electron chi connectivity index (χ4n) is 1.75. The Balaban J connectivity index is 0.00000180. The zero-order valence-corrected chi connectivity index (χ0v) is 12.3. The van der Waals surface area contributed by atoms with Crippen LogP contribution in [0.4, 0.5) is 0 Å². The molecule has 0 radical (unpaired) electrons. The van der Waals surface area contributed by atoms with Crippen LogP contribution in [0.5, 0.6) is 0 Å². The minimum Gasteiger partial charge on any atom is -1.00 e. The lowest BCUT2D eigenvalue weighted by atomic mass is 10.1. The number of nitrogens with two attached hydrogens (primary N) is 1. The van der Waals surface area contributed by atoms with Gasteiger partial charge in [0.1, 0.15) is 0 Å². The van der Waals surface area contributed by atoms with Gasteiger partial charge < -0.3 is 18.1 Å². The molecule has 0 aliphatic heterocycles. The topological polar surface area (TPSA) is 72.2 Å². The van der Waals surface area contributed by atoms with E-state index in [0.29, 0.717) is 10.4 Å². The highest BCUT2D eigenvalue weighted by Gasteiger charge is 2.16. The maximum absolute atomic E-state index is 12.1. The van der Waals surface area contributed by atoms with Crippen LogP contribution >= 0.6 is 11.6 Å². The van der Waals surface area contributed by atoms with Gasteiger partial charge in [-0.15, -0.1) is 0 Å². The van der Waals surface area contributed by atoms with Crippen molar-refractivity contribution < 1.29 is 20.8 Å². The van der Waals surface area contributed by atoms with E-state index >= 15 is 0 Å². The van der Waals surface area contributed by atoms with Crippen LogP contribution in [0.15, 0.2) is 41.3 Å². The van der Waals surface area contributed by atoms with Gasteiger partial charge in [-0.1, -0.05) is 35.9 Å². The van der Waals surface area contributed by atoms with E-state index in [-0.39, 0.29) is 30.4 Å². The Morgan fingerprint density at radius 3 is 2.42 bits per heavy atom. The molecule has 4 nitrogen and oxygen atoms in total. The average molecular weight is 320 g/mol. The molecule has 0 atom stereocenters. The van der Waals surface area contributed by atoms with E-state index in [1.165, 1.54) is 0 Å². The van der Waals surface area contributed by atoms with E-state index in [0.717, 1.165) is 5.39 Å². The predicted octanol–water partition coefficient (Wildman–Crippen LogP) is -1.27. The average Bonchev–Trinajstić information content (AvgIpc) is 2.36. The molecule has 0 spiro atoms. The maximum atomic E-state index is 12.1. The Labute approximate surface area is 123 Å². The van der Waals surface area contributed by atoms with Gasteiger partial charge in [-0.2, -0.15) is 0 Å². The smallest absolute Gasteiger partial charge is 0.241 e. The van der Waals surface area contributed by atoms with Crippen LogP contribution in [0.25, 0.3) is 10.8 Å². The van der Waals surface area contributed by atoms with Crippen molar-refractivity contribution in [1.82, 2.24) is 4.72 Å². The van der Waals surface area contributed by atoms with Gasteiger partial charge >= 0.3 is 0 Å². The van der Waals surface area contributed by atoms with Gasteiger partial charge in [0.15, 0.2) is 0 Å². The summed E-state index contributed by atoms with van der Waals surface area (Å²) in [5, 5.41) is 1.85. The molecule has 0 unspecified atom stereocenters. The molecule has 0 saturated carbocycles. The lowest BCUT2D eigenvalue weighted by Crippen LogP contribution is -3.00. The highest BCUT2D eigenvalue weighted by atomic mass is 35.5.